The van der Waals surface area contributed by atoms with E-state index in [0.29, 0.717) is 11.7 Å². The predicted octanol–water partition coefficient (Wildman–Crippen LogP) is 4.47. The number of hydrogen-bond donors (Lipinski definition) is 2. The Hall–Kier alpha value is -1.82. The van der Waals surface area contributed by atoms with Crippen molar-refractivity contribution in [1.29, 1.82) is 0 Å². The minimum absolute atomic E-state index is 0.205. The first-order valence-corrected chi connectivity index (χ1v) is 9.63. The standard InChI is InChI=1S/C20H24ClN3OS/c1-25-16-8-6-7-15(13-16)23-20(26)22-14-19(24-11-4-5-12-24)17-9-2-3-10-18(17)21/h2-3,6-10,13,19H,4-5,11-12,14H2,1H3,(H2,22,23,26)/t19-/m0/s1. The van der Waals surface area contributed by atoms with Gasteiger partial charge in [-0.25, -0.2) is 0 Å². The van der Waals surface area contributed by atoms with E-state index in [-0.39, 0.29) is 6.04 Å². The Kier molecular flexibility index (Phi) is 6.72. The maximum Gasteiger partial charge on any atom is 0.170 e. The van der Waals surface area contributed by atoms with Crippen molar-refractivity contribution in [3.8, 4) is 5.75 Å². The van der Waals surface area contributed by atoms with Gasteiger partial charge in [0.05, 0.1) is 13.2 Å². The van der Waals surface area contributed by atoms with Crippen molar-refractivity contribution in [2.75, 3.05) is 32.1 Å². The fourth-order valence-electron chi connectivity index (χ4n) is 3.30. The Labute approximate surface area is 165 Å². The molecule has 0 aromatic heterocycles. The maximum atomic E-state index is 6.46. The summed E-state index contributed by atoms with van der Waals surface area (Å²) in [6.07, 6.45) is 2.46. The molecule has 1 heterocycles. The van der Waals surface area contributed by atoms with Crippen LogP contribution in [0.2, 0.25) is 5.02 Å². The van der Waals surface area contributed by atoms with Crippen LogP contribution < -0.4 is 15.4 Å². The van der Waals surface area contributed by atoms with Gasteiger partial charge in [-0.3, -0.25) is 4.90 Å². The van der Waals surface area contributed by atoms with Crippen LogP contribution in [-0.2, 0) is 0 Å². The first-order chi connectivity index (χ1) is 12.7. The normalized spacial score (nSPS) is 15.5. The average molecular weight is 390 g/mol. The fourth-order valence-corrected chi connectivity index (χ4v) is 3.76. The van der Waals surface area contributed by atoms with Crippen LogP contribution >= 0.6 is 23.8 Å². The van der Waals surface area contributed by atoms with Gasteiger partial charge in [-0.2, -0.15) is 0 Å². The molecule has 1 atom stereocenters. The van der Waals surface area contributed by atoms with Crippen molar-refractivity contribution in [2.24, 2.45) is 0 Å². The third-order valence-corrected chi connectivity index (χ3v) is 5.22. The van der Waals surface area contributed by atoms with Gasteiger partial charge in [0.1, 0.15) is 5.75 Å². The summed E-state index contributed by atoms with van der Waals surface area (Å²) in [4.78, 5) is 2.47. The second kappa shape index (κ2) is 9.21. The van der Waals surface area contributed by atoms with Crippen LogP contribution in [0.4, 0.5) is 5.69 Å². The highest BCUT2D eigenvalue weighted by atomic mass is 35.5. The van der Waals surface area contributed by atoms with E-state index >= 15 is 0 Å². The molecule has 1 saturated heterocycles. The number of likely N-dealkylation sites (tertiary alicyclic amines) is 1. The molecular formula is C20H24ClN3OS. The van der Waals surface area contributed by atoms with Crippen LogP contribution in [0.5, 0.6) is 5.75 Å². The first kappa shape index (κ1) is 19.0. The molecule has 1 aliphatic heterocycles. The summed E-state index contributed by atoms with van der Waals surface area (Å²) in [6.45, 7) is 2.89. The number of ether oxygens (including phenoxy) is 1. The topological polar surface area (TPSA) is 36.5 Å². The lowest BCUT2D eigenvalue weighted by Gasteiger charge is -2.29. The molecule has 2 N–H and O–H groups in total. The monoisotopic (exact) mass is 389 g/mol. The Morgan fingerprint density at radius 1 is 1.19 bits per heavy atom. The number of methoxy groups -OCH3 is 1. The maximum absolute atomic E-state index is 6.46. The molecule has 2 aromatic rings. The summed E-state index contributed by atoms with van der Waals surface area (Å²) in [6, 6.07) is 16.0. The van der Waals surface area contributed by atoms with Crippen molar-refractivity contribution >= 4 is 34.6 Å². The number of nitrogens with zero attached hydrogens (tertiary/aromatic N) is 1. The van der Waals surface area contributed by atoms with E-state index < -0.39 is 0 Å². The van der Waals surface area contributed by atoms with E-state index in [1.165, 1.54) is 12.8 Å². The molecule has 0 aliphatic carbocycles. The van der Waals surface area contributed by atoms with E-state index in [1.807, 2.05) is 42.5 Å². The lowest BCUT2D eigenvalue weighted by molar-refractivity contribution is 0.246. The molecule has 138 valence electrons. The molecule has 0 spiro atoms. The van der Waals surface area contributed by atoms with Crippen LogP contribution in [0.25, 0.3) is 0 Å². The molecule has 0 bridgehead atoms. The van der Waals surface area contributed by atoms with E-state index in [9.17, 15) is 0 Å². The molecule has 6 heteroatoms. The molecule has 1 aliphatic rings. The summed E-state index contributed by atoms with van der Waals surface area (Å²) in [5.41, 5.74) is 2.05. The average Bonchev–Trinajstić information content (AvgIpc) is 3.18. The summed E-state index contributed by atoms with van der Waals surface area (Å²) in [5, 5.41) is 7.96. The zero-order valence-corrected chi connectivity index (χ0v) is 16.4. The molecule has 0 radical (unpaired) electrons. The second-order valence-electron chi connectivity index (χ2n) is 6.35. The van der Waals surface area contributed by atoms with Gasteiger partial charge in [0.25, 0.3) is 0 Å². The molecule has 1 fully saturated rings. The Bertz CT molecular complexity index is 749. The largest absolute Gasteiger partial charge is 0.497 e. The van der Waals surface area contributed by atoms with Crippen molar-refractivity contribution in [3.05, 3.63) is 59.1 Å². The van der Waals surface area contributed by atoms with Crippen LogP contribution in [-0.4, -0.2) is 36.8 Å². The number of hydrogen-bond acceptors (Lipinski definition) is 3. The predicted molar refractivity (Wildman–Crippen MR) is 112 cm³/mol. The Morgan fingerprint density at radius 2 is 1.96 bits per heavy atom. The molecule has 0 amide bonds. The minimum Gasteiger partial charge on any atom is -0.497 e. The minimum atomic E-state index is 0.205. The van der Waals surface area contributed by atoms with Gasteiger partial charge in [-0.15, -0.1) is 0 Å². The van der Waals surface area contributed by atoms with Crippen molar-refractivity contribution < 1.29 is 4.74 Å². The number of anilines is 1. The highest BCUT2D eigenvalue weighted by Crippen LogP contribution is 2.29. The number of halogens is 1. The van der Waals surface area contributed by atoms with Crippen LogP contribution in [0.3, 0.4) is 0 Å². The van der Waals surface area contributed by atoms with Crippen LogP contribution in [0, 0.1) is 0 Å². The summed E-state index contributed by atoms with van der Waals surface area (Å²) in [5.74, 6) is 0.795. The van der Waals surface area contributed by atoms with Crippen molar-refractivity contribution in [2.45, 2.75) is 18.9 Å². The summed E-state index contributed by atoms with van der Waals surface area (Å²) in [7, 11) is 1.65. The van der Waals surface area contributed by atoms with Gasteiger partial charge in [0, 0.05) is 23.3 Å². The number of benzene rings is 2. The SMILES string of the molecule is COc1cccc(NC(=S)NC[C@@H](c2ccccc2Cl)N2CCCC2)c1. The fraction of sp³-hybridized carbons (Fsp3) is 0.350. The van der Waals surface area contributed by atoms with Crippen molar-refractivity contribution in [1.82, 2.24) is 10.2 Å². The molecular weight excluding hydrogens is 366 g/mol. The number of nitrogens with one attached hydrogen (secondary N) is 2. The number of rotatable bonds is 6. The molecule has 4 nitrogen and oxygen atoms in total. The molecule has 0 unspecified atom stereocenters. The van der Waals surface area contributed by atoms with Crippen LogP contribution in [0.1, 0.15) is 24.4 Å². The third kappa shape index (κ3) is 4.87. The van der Waals surface area contributed by atoms with E-state index in [1.54, 1.807) is 7.11 Å². The molecule has 26 heavy (non-hydrogen) atoms. The quantitative estimate of drug-likeness (QED) is 0.713. The van der Waals surface area contributed by atoms with E-state index in [4.69, 9.17) is 28.6 Å². The lowest BCUT2D eigenvalue weighted by Crippen LogP contribution is -2.38. The van der Waals surface area contributed by atoms with Gasteiger partial charge in [-0.1, -0.05) is 35.9 Å². The third-order valence-electron chi connectivity index (χ3n) is 4.63. The molecule has 2 aromatic carbocycles. The highest BCUT2D eigenvalue weighted by molar-refractivity contribution is 7.80. The Morgan fingerprint density at radius 3 is 2.69 bits per heavy atom. The van der Waals surface area contributed by atoms with E-state index in [2.05, 4.69) is 21.6 Å². The van der Waals surface area contributed by atoms with E-state index in [0.717, 1.165) is 35.1 Å². The zero-order valence-electron chi connectivity index (χ0n) is 14.9. The first-order valence-electron chi connectivity index (χ1n) is 8.85. The number of thiocarbonyl (C=S) groups is 1. The van der Waals surface area contributed by atoms with Gasteiger partial charge in [-0.05, 0) is 61.9 Å². The summed E-state index contributed by atoms with van der Waals surface area (Å²) >= 11 is 11.9. The zero-order chi connectivity index (χ0) is 18.4. The van der Waals surface area contributed by atoms with Gasteiger partial charge in [0.15, 0.2) is 5.11 Å². The smallest absolute Gasteiger partial charge is 0.170 e. The highest BCUT2D eigenvalue weighted by Gasteiger charge is 2.25. The second-order valence-corrected chi connectivity index (χ2v) is 7.16. The van der Waals surface area contributed by atoms with Crippen LogP contribution in [0.15, 0.2) is 48.5 Å². The molecule has 3 rings (SSSR count). The van der Waals surface area contributed by atoms with Gasteiger partial charge >= 0.3 is 0 Å². The lowest BCUT2D eigenvalue weighted by atomic mass is 10.1. The molecule has 0 saturated carbocycles. The Balaban J connectivity index is 1.65. The van der Waals surface area contributed by atoms with Gasteiger partial charge < -0.3 is 15.4 Å². The summed E-state index contributed by atoms with van der Waals surface area (Å²) < 4.78 is 5.25. The van der Waals surface area contributed by atoms with Crippen molar-refractivity contribution in [3.63, 3.8) is 0 Å². The van der Waals surface area contributed by atoms with Gasteiger partial charge in [0.2, 0.25) is 0 Å².